The molecule has 1 aliphatic heterocycles. The number of aryl methyl sites for hydroxylation is 1. The van der Waals surface area contributed by atoms with Crippen molar-refractivity contribution in [3.8, 4) is 0 Å². The van der Waals surface area contributed by atoms with Crippen molar-refractivity contribution in [2.24, 2.45) is 0 Å². The predicted octanol–water partition coefficient (Wildman–Crippen LogP) is 2.82. The van der Waals surface area contributed by atoms with Gasteiger partial charge in [-0.1, -0.05) is 12.1 Å². The first-order valence-electron chi connectivity index (χ1n) is 9.93. The zero-order chi connectivity index (χ0) is 20.7. The van der Waals surface area contributed by atoms with Crippen molar-refractivity contribution in [3.05, 3.63) is 29.8 Å². The highest BCUT2D eigenvalue weighted by Crippen LogP contribution is 2.20. The van der Waals surface area contributed by atoms with Crippen LogP contribution < -0.4 is 4.90 Å². The average molecular weight is 389 g/mol. The molecule has 0 aliphatic carbocycles. The Bertz CT molecular complexity index is 699. The minimum absolute atomic E-state index is 0.0428. The molecule has 0 N–H and O–H groups in total. The number of carbonyl (C=O) groups excluding carboxylic acids is 3. The molecule has 1 fully saturated rings. The molecule has 28 heavy (non-hydrogen) atoms. The van der Waals surface area contributed by atoms with Gasteiger partial charge in [-0.15, -0.1) is 0 Å². The summed E-state index contributed by atoms with van der Waals surface area (Å²) in [6.45, 7) is 9.16. The van der Waals surface area contributed by atoms with Crippen LogP contribution in [-0.4, -0.2) is 66.5 Å². The fourth-order valence-electron chi connectivity index (χ4n) is 3.60. The minimum atomic E-state index is -0.317. The third kappa shape index (κ3) is 5.47. The summed E-state index contributed by atoms with van der Waals surface area (Å²) < 4.78 is 5.04. The minimum Gasteiger partial charge on any atom is -0.450 e. The number of benzene rings is 1. The molecule has 0 atom stereocenters. The molecule has 1 aliphatic rings. The van der Waals surface area contributed by atoms with E-state index in [-0.39, 0.29) is 30.5 Å². The lowest BCUT2D eigenvalue weighted by atomic mass is 10.0. The maximum absolute atomic E-state index is 12.9. The molecule has 1 saturated heterocycles. The lowest BCUT2D eigenvalue weighted by Crippen LogP contribution is -2.51. The second-order valence-electron chi connectivity index (χ2n) is 7.04. The number of ether oxygens (including phenoxy) is 1. The van der Waals surface area contributed by atoms with Crippen LogP contribution in [0, 0.1) is 6.92 Å². The number of nitrogens with zero attached hydrogens (tertiary/aromatic N) is 3. The van der Waals surface area contributed by atoms with Crippen molar-refractivity contribution >= 4 is 23.6 Å². The predicted molar refractivity (Wildman–Crippen MR) is 108 cm³/mol. The van der Waals surface area contributed by atoms with Gasteiger partial charge in [0, 0.05) is 38.3 Å². The number of rotatable bonds is 6. The maximum Gasteiger partial charge on any atom is 0.409 e. The van der Waals surface area contributed by atoms with Crippen LogP contribution in [0.15, 0.2) is 24.3 Å². The van der Waals surface area contributed by atoms with E-state index in [1.807, 2.05) is 38.1 Å². The summed E-state index contributed by atoms with van der Waals surface area (Å²) in [6.07, 6.45) is 0.966. The van der Waals surface area contributed by atoms with Crippen molar-refractivity contribution in [2.45, 2.75) is 46.6 Å². The Hall–Kier alpha value is -2.57. The van der Waals surface area contributed by atoms with Crippen molar-refractivity contribution in [2.75, 3.05) is 37.7 Å². The molecular formula is C21H31N3O4. The van der Waals surface area contributed by atoms with Gasteiger partial charge in [0.2, 0.25) is 11.8 Å². The first kappa shape index (κ1) is 21.7. The van der Waals surface area contributed by atoms with Gasteiger partial charge in [0.1, 0.15) is 6.54 Å². The van der Waals surface area contributed by atoms with E-state index in [0.29, 0.717) is 39.1 Å². The molecule has 0 unspecified atom stereocenters. The lowest BCUT2D eigenvalue weighted by molar-refractivity contribution is -0.136. The number of hydrogen-bond acceptors (Lipinski definition) is 4. The monoisotopic (exact) mass is 389 g/mol. The van der Waals surface area contributed by atoms with Crippen LogP contribution in [0.2, 0.25) is 0 Å². The number of likely N-dealkylation sites (N-methyl/N-ethyl adjacent to an activating group) is 1. The quantitative estimate of drug-likeness (QED) is 0.750. The van der Waals surface area contributed by atoms with Crippen LogP contribution in [0.1, 0.15) is 39.2 Å². The van der Waals surface area contributed by atoms with Crippen LogP contribution in [0.5, 0.6) is 0 Å². The third-order valence-corrected chi connectivity index (χ3v) is 5.07. The van der Waals surface area contributed by atoms with Crippen molar-refractivity contribution in [3.63, 3.8) is 0 Å². The van der Waals surface area contributed by atoms with E-state index in [0.717, 1.165) is 11.3 Å². The third-order valence-electron chi connectivity index (χ3n) is 5.07. The molecule has 7 heteroatoms. The molecule has 7 nitrogen and oxygen atoms in total. The molecular weight excluding hydrogens is 358 g/mol. The van der Waals surface area contributed by atoms with Gasteiger partial charge in [-0.2, -0.15) is 0 Å². The van der Waals surface area contributed by atoms with Crippen molar-refractivity contribution in [1.29, 1.82) is 0 Å². The normalized spacial score (nSPS) is 14.5. The summed E-state index contributed by atoms with van der Waals surface area (Å²) in [6, 6.07) is 7.74. The van der Waals surface area contributed by atoms with Gasteiger partial charge in [-0.25, -0.2) is 4.79 Å². The van der Waals surface area contributed by atoms with Gasteiger partial charge in [0.25, 0.3) is 0 Å². The SMILES string of the molecule is CCOC(=O)N1CCC(N(CC(=O)N(CC)c2cccc(C)c2)C(C)=O)CC1. The van der Waals surface area contributed by atoms with Crippen molar-refractivity contribution in [1.82, 2.24) is 9.80 Å². The fourth-order valence-corrected chi connectivity index (χ4v) is 3.60. The molecule has 1 aromatic carbocycles. The second kappa shape index (κ2) is 10.1. The van der Waals surface area contributed by atoms with Crippen LogP contribution in [0.4, 0.5) is 10.5 Å². The van der Waals surface area contributed by atoms with Crippen LogP contribution in [0.25, 0.3) is 0 Å². The first-order chi connectivity index (χ1) is 13.4. The highest BCUT2D eigenvalue weighted by molar-refractivity contribution is 5.96. The Morgan fingerprint density at radius 2 is 1.86 bits per heavy atom. The van der Waals surface area contributed by atoms with E-state index < -0.39 is 0 Å². The number of likely N-dealkylation sites (tertiary alicyclic amines) is 1. The molecule has 0 radical (unpaired) electrons. The molecule has 0 spiro atoms. The Morgan fingerprint density at radius 1 is 1.18 bits per heavy atom. The Morgan fingerprint density at radius 3 is 2.39 bits per heavy atom. The number of piperidine rings is 1. The first-order valence-corrected chi connectivity index (χ1v) is 9.93. The maximum atomic E-state index is 12.9. The Labute approximate surface area is 167 Å². The Balaban J connectivity index is 2.03. The molecule has 2 rings (SSSR count). The van der Waals surface area contributed by atoms with Gasteiger partial charge in [0.15, 0.2) is 0 Å². The summed E-state index contributed by atoms with van der Waals surface area (Å²) in [5.41, 5.74) is 1.92. The van der Waals surface area contributed by atoms with Gasteiger partial charge in [-0.05, 0) is 51.3 Å². The zero-order valence-electron chi connectivity index (χ0n) is 17.3. The molecule has 1 aromatic rings. The summed E-state index contributed by atoms with van der Waals surface area (Å²) >= 11 is 0. The summed E-state index contributed by atoms with van der Waals surface area (Å²) in [7, 11) is 0. The van der Waals surface area contributed by atoms with Gasteiger partial charge >= 0.3 is 6.09 Å². The number of carbonyl (C=O) groups is 3. The highest BCUT2D eigenvalue weighted by Gasteiger charge is 2.31. The Kier molecular flexibility index (Phi) is 7.84. The van der Waals surface area contributed by atoms with Gasteiger partial charge in [-0.3, -0.25) is 9.59 Å². The van der Waals surface area contributed by atoms with E-state index in [4.69, 9.17) is 4.74 Å². The van der Waals surface area contributed by atoms with Crippen molar-refractivity contribution < 1.29 is 19.1 Å². The molecule has 154 valence electrons. The molecule has 0 aromatic heterocycles. The van der Waals surface area contributed by atoms with Gasteiger partial charge < -0.3 is 19.4 Å². The van der Waals surface area contributed by atoms with E-state index in [1.54, 1.807) is 21.6 Å². The molecule has 3 amide bonds. The molecule has 0 bridgehead atoms. The molecule has 1 heterocycles. The largest absolute Gasteiger partial charge is 0.450 e. The number of anilines is 1. The van der Waals surface area contributed by atoms with Gasteiger partial charge in [0.05, 0.1) is 6.61 Å². The van der Waals surface area contributed by atoms with E-state index >= 15 is 0 Å². The van der Waals surface area contributed by atoms with E-state index in [1.165, 1.54) is 6.92 Å². The standard InChI is InChI=1S/C21H31N3O4/c1-5-23(19-9-7-8-16(3)14-19)20(26)15-24(17(4)25)18-10-12-22(13-11-18)21(27)28-6-2/h7-9,14,18H,5-6,10-13,15H2,1-4H3. The van der Waals surface area contributed by atoms with E-state index in [2.05, 4.69) is 0 Å². The van der Waals surface area contributed by atoms with E-state index in [9.17, 15) is 14.4 Å². The zero-order valence-corrected chi connectivity index (χ0v) is 17.3. The number of hydrogen-bond donors (Lipinski definition) is 0. The summed E-state index contributed by atoms with van der Waals surface area (Å²) in [4.78, 5) is 42.1. The lowest BCUT2D eigenvalue weighted by Gasteiger charge is -2.38. The number of amides is 3. The summed E-state index contributed by atoms with van der Waals surface area (Å²) in [5, 5.41) is 0. The fraction of sp³-hybridized carbons (Fsp3) is 0.571. The van der Waals surface area contributed by atoms with Crippen LogP contribution >= 0.6 is 0 Å². The van der Waals surface area contributed by atoms with Crippen LogP contribution in [0.3, 0.4) is 0 Å². The summed E-state index contributed by atoms with van der Waals surface area (Å²) in [5.74, 6) is -0.223. The molecule has 0 saturated carbocycles. The van der Waals surface area contributed by atoms with Crippen LogP contribution in [-0.2, 0) is 14.3 Å². The highest BCUT2D eigenvalue weighted by atomic mass is 16.6. The topological polar surface area (TPSA) is 70.2 Å². The second-order valence-corrected chi connectivity index (χ2v) is 7.04. The smallest absolute Gasteiger partial charge is 0.409 e. The average Bonchev–Trinajstić information content (AvgIpc) is 2.67.